The zero-order valence-corrected chi connectivity index (χ0v) is 15.4. The van der Waals surface area contributed by atoms with E-state index in [2.05, 4.69) is 6.58 Å². The molecular formula is C15H30O5Si. The summed E-state index contributed by atoms with van der Waals surface area (Å²) in [5.74, 6) is -0.509. The first-order chi connectivity index (χ1) is 9.61. The highest BCUT2D eigenvalue weighted by Gasteiger charge is 2.52. The van der Waals surface area contributed by atoms with E-state index in [1.807, 2.05) is 48.5 Å². The third-order valence-electron chi connectivity index (χ3n) is 2.20. The van der Waals surface area contributed by atoms with Gasteiger partial charge in [-0.3, -0.25) is 0 Å². The molecule has 0 aliphatic heterocycles. The zero-order chi connectivity index (χ0) is 16.6. The maximum atomic E-state index is 12.2. The van der Waals surface area contributed by atoms with Crippen molar-refractivity contribution in [2.24, 2.45) is 0 Å². The van der Waals surface area contributed by atoms with Crippen LogP contribution in [0.15, 0.2) is 12.2 Å². The lowest BCUT2D eigenvalue weighted by atomic mass is 10.2. The fourth-order valence-corrected chi connectivity index (χ4v) is 4.03. The van der Waals surface area contributed by atoms with E-state index in [0.29, 0.717) is 12.0 Å². The van der Waals surface area contributed by atoms with Crippen LogP contribution < -0.4 is 0 Å². The summed E-state index contributed by atoms with van der Waals surface area (Å²) < 4.78 is 22.8. The van der Waals surface area contributed by atoms with E-state index in [1.54, 1.807) is 0 Å². The highest BCUT2D eigenvalue weighted by atomic mass is 28.4. The lowest BCUT2D eigenvalue weighted by molar-refractivity contribution is -0.144. The van der Waals surface area contributed by atoms with Crippen LogP contribution in [-0.2, 0) is 22.5 Å². The number of carbonyl (C=O) groups excluding carboxylic acids is 1. The van der Waals surface area contributed by atoms with Gasteiger partial charge in [0, 0.05) is 23.9 Å². The van der Waals surface area contributed by atoms with E-state index in [9.17, 15) is 4.79 Å². The van der Waals surface area contributed by atoms with Crippen molar-refractivity contribution in [3.8, 4) is 0 Å². The van der Waals surface area contributed by atoms with Gasteiger partial charge in [-0.2, -0.15) is 0 Å². The standard InChI is InChI=1S/C15H30O5Si/c1-9-10-14(8)15(16)20-21(17-11(2)3,18-12(4)5)19-13(6)7/h11-13H,8-10H2,1-7H3. The van der Waals surface area contributed by atoms with Crippen LogP contribution in [0, 0.1) is 0 Å². The van der Waals surface area contributed by atoms with Crippen molar-refractivity contribution >= 4 is 15.0 Å². The number of rotatable bonds is 10. The summed E-state index contributed by atoms with van der Waals surface area (Å²) in [6, 6.07) is 0. The zero-order valence-electron chi connectivity index (χ0n) is 14.4. The molecule has 0 unspecified atom stereocenters. The van der Waals surface area contributed by atoms with Gasteiger partial charge in [0.05, 0.1) is 0 Å². The van der Waals surface area contributed by atoms with Gasteiger partial charge in [0.2, 0.25) is 0 Å². The van der Waals surface area contributed by atoms with E-state index in [1.165, 1.54) is 0 Å². The van der Waals surface area contributed by atoms with Gasteiger partial charge in [-0.15, -0.1) is 0 Å². The average molecular weight is 318 g/mol. The summed E-state index contributed by atoms with van der Waals surface area (Å²) in [5, 5.41) is 0. The Labute approximate surface area is 130 Å². The van der Waals surface area contributed by atoms with Gasteiger partial charge in [-0.1, -0.05) is 19.9 Å². The fraction of sp³-hybridized carbons (Fsp3) is 0.800. The fourth-order valence-electron chi connectivity index (χ4n) is 1.61. The second kappa shape index (κ2) is 9.35. The number of hydrogen-bond donors (Lipinski definition) is 0. The molecule has 0 N–H and O–H groups in total. The Kier molecular flexibility index (Phi) is 9.04. The maximum Gasteiger partial charge on any atom is 0.752 e. The molecule has 5 nitrogen and oxygen atoms in total. The molecule has 0 bridgehead atoms. The molecule has 0 heterocycles. The molecule has 0 saturated heterocycles. The van der Waals surface area contributed by atoms with Gasteiger partial charge < -0.3 is 17.7 Å². The van der Waals surface area contributed by atoms with Crippen LogP contribution in [-0.4, -0.2) is 33.3 Å². The summed E-state index contributed by atoms with van der Waals surface area (Å²) >= 11 is 0. The first-order valence-electron chi connectivity index (χ1n) is 7.56. The van der Waals surface area contributed by atoms with Crippen LogP contribution in [0.3, 0.4) is 0 Å². The molecule has 0 spiro atoms. The SMILES string of the molecule is C=C(CCC)C(=O)O[Si](OC(C)C)(OC(C)C)OC(C)C. The largest absolute Gasteiger partial charge is 0.752 e. The quantitative estimate of drug-likeness (QED) is 0.455. The third-order valence-corrected chi connectivity index (χ3v) is 4.91. The van der Waals surface area contributed by atoms with Crippen molar-refractivity contribution in [1.82, 2.24) is 0 Å². The Morgan fingerprint density at radius 3 is 1.62 bits per heavy atom. The lowest BCUT2D eigenvalue weighted by Gasteiger charge is -2.31. The van der Waals surface area contributed by atoms with Crippen LogP contribution in [0.1, 0.15) is 61.3 Å². The van der Waals surface area contributed by atoms with Crippen LogP contribution in [0.25, 0.3) is 0 Å². The molecule has 6 heteroatoms. The van der Waals surface area contributed by atoms with E-state index >= 15 is 0 Å². The molecule has 0 radical (unpaired) electrons. The first-order valence-corrected chi connectivity index (χ1v) is 9.19. The Hall–Kier alpha value is -0.693. The minimum absolute atomic E-state index is 0.179. The highest BCUT2D eigenvalue weighted by molar-refractivity contribution is 6.56. The molecule has 0 amide bonds. The minimum atomic E-state index is -3.55. The molecule has 0 rings (SSSR count). The molecule has 21 heavy (non-hydrogen) atoms. The summed E-state index contributed by atoms with van der Waals surface area (Å²) in [6.07, 6.45) is 0.863. The molecule has 0 aromatic carbocycles. The predicted molar refractivity (Wildman–Crippen MR) is 84.6 cm³/mol. The van der Waals surface area contributed by atoms with E-state index in [0.717, 1.165) is 6.42 Å². The van der Waals surface area contributed by atoms with Crippen molar-refractivity contribution in [3.63, 3.8) is 0 Å². The molecule has 0 aliphatic carbocycles. The van der Waals surface area contributed by atoms with Crippen molar-refractivity contribution in [1.29, 1.82) is 0 Å². The van der Waals surface area contributed by atoms with Crippen LogP contribution >= 0.6 is 0 Å². The molecule has 0 aromatic rings. The van der Waals surface area contributed by atoms with E-state index in [4.69, 9.17) is 17.7 Å². The van der Waals surface area contributed by atoms with Gasteiger partial charge in [-0.25, -0.2) is 4.79 Å². The van der Waals surface area contributed by atoms with E-state index in [-0.39, 0.29) is 18.3 Å². The Morgan fingerprint density at radius 1 is 0.952 bits per heavy atom. The normalized spacial score (nSPS) is 12.3. The summed E-state index contributed by atoms with van der Waals surface area (Å²) in [7, 11) is -3.55. The van der Waals surface area contributed by atoms with Gasteiger partial charge >= 0.3 is 15.0 Å². The minimum Gasteiger partial charge on any atom is -0.448 e. The van der Waals surface area contributed by atoms with Gasteiger partial charge in [0.25, 0.3) is 0 Å². The molecule has 0 atom stereocenters. The molecule has 0 aliphatic rings. The summed E-state index contributed by atoms with van der Waals surface area (Å²) in [4.78, 5) is 12.2. The van der Waals surface area contributed by atoms with Crippen molar-refractivity contribution in [3.05, 3.63) is 12.2 Å². The molecule has 124 valence electrons. The van der Waals surface area contributed by atoms with E-state index < -0.39 is 15.0 Å². The smallest absolute Gasteiger partial charge is 0.448 e. The van der Waals surface area contributed by atoms with Crippen LogP contribution in [0.5, 0.6) is 0 Å². The van der Waals surface area contributed by atoms with Crippen LogP contribution in [0.4, 0.5) is 0 Å². The maximum absolute atomic E-state index is 12.2. The highest BCUT2D eigenvalue weighted by Crippen LogP contribution is 2.21. The van der Waals surface area contributed by atoms with Crippen molar-refractivity contribution in [2.45, 2.75) is 79.6 Å². The topological polar surface area (TPSA) is 54.0 Å². The predicted octanol–water partition coefficient (Wildman–Crippen LogP) is 3.60. The van der Waals surface area contributed by atoms with Gasteiger partial charge in [0.15, 0.2) is 0 Å². The third kappa shape index (κ3) is 8.36. The molecule has 0 saturated carbocycles. The monoisotopic (exact) mass is 318 g/mol. The lowest BCUT2D eigenvalue weighted by Crippen LogP contribution is -2.54. The van der Waals surface area contributed by atoms with Crippen molar-refractivity contribution in [2.75, 3.05) is 0 Å². The number of carbonyl (C=O) groups is 1. The average Bonchev–Trinajstić information content (AvgIpc) is 2.25. The number of hydrogen-bond acceptors (Lipinski definition) is 5. The second-order valence-electron chi connectivity index (χ2n) is 5.74. The van der Waals surface area contributed by atoms with Gasteiger partial charge in [0.1, 0.15) is 0 Å². The molecule has 0 aromatic heterocycles. The summed E-state index contributed by atoms with van der Waals surface area (Å²) in [6.45, 7) is 16.8. The van der Waals surface area contributed by atoms with Crippen LogP contribution in [0.2, 0.25) is 0 Å². The first kappa shape index (κ1) is 20.3. The van der Waals surface area contributed by atoms with Crippen molar-refractivity contribution < 1.29 is 22.5 Å². The Morgan fingerprint density at radius 2 is 1.33 bits per heavy atom. The Bertz CT molecular complexity index is 312. The summed E-state index contributed by atoms with van der Waals surface area (Å²) in [5.41, 5.74) is 0.404. The second-order valence-corrected chi connectivity index (χ2v) is 7.65. The Balaban J connectivity index is 5.22. The molecule has 0 fully saturated rings. The molecular weight excluding hydrogens is 288 g/mol. The van der Waals surface area contributed by atoms with Gasteiger partial charge in [-0.05, 0) is 48.0 Å².